The summed E-state index contributed by atoms with van der Waals surface area (Å²) in [6, 6.07) is 1.96. The van der Waals surface area contributed by atoms with Crippen LogP contribution in [0.5, 0.6) is 5.75 Å². The van der Waals surface area contributed by atoms with Crippen LogP contribution in [-0.2, 0) is 6.42 Å². The minimum absolute atomic E-state index is 0.129. The number of ketones is 1. The average Bonchev–Trinajstić information content (AvgIpc) is 2.50. The molecule has 0 N–H and O–H groups in total. The van der Waals surface area contributed by atoms with Crippen LogP contribution >= 0.6 is 0 Å². The van der Waals surface area contributed by atoms with Gasteiger partial charge in [0.05, 0.1) is 7.11 Å². The van der Waals surface area contributed by atoms with Crippen molar-refractivity contribution >= 4 is 5.78 Å². The van der Waals surface area contributed by atoms with Crippen LogP contribution in [-0.4, -0.2) is 12.9 Å². The molecule has 0 aliphatic heterocycles. The number of benzene rings is 1. The normalized spacial score (nSPS) is 19.2. The van der Waals surface area contributed by atoms with Gasteiger partial charge in [-0.3, -0.25) is 4.79 Å². The molecule has 1 aromatic rings. The molecule has 0 bridgehead atoms. The summed E-state index contributed by atoms with van der Waals surface area (Å²) >= 11 is 0. The highest BCUT2D eigenvalue weighted by Gasteiger charge is 2.30. The van der Waals surface area contributed by atoms with Gasteiger partial charge in [0.15, 0.2) is 5.78 Å². The largest absolute Gasteiger partial charge is 0.496 e. The Kier molecular flexibility index (Phi) is 2.29. The van der Waals surface area contributed by atoms with Gasteiger partial charge in [0.1, 0.15) is 5.75 Å². The van der Waals surface area contributed by atoms with E-state index < -0.39 is 0 Å². The first-order valence-electron chi connectivity index (χ1n) is 5.27. The zero-order valence-electron chi connectivity index (χ0n) is 9.68. The van der Waals surface area contributed by atoms with Crippen LogP contribution in [0.2, 0.25) is 0 Å². The van der Waals surface area contributed by atoms with E-state index in [1.54, 1.807) is 7.11 Å². The van der Waals surface area contributed by atoms with Crippen molar-refractivity contribution in [1.29, 1.82) is 0 Å². The molecular weight excluding hydrogens is 188 g/mol. The molecule has 1 aliphatic carbocycles. The van der Waals surface area contributed by atoms with E-state index in [9.17, 15) is 4.79 Å². The van der Waals surface area contributed by atoms with E-state index >= 15 is 0 Å². The highest BCUT2D eigenvalue weighted by molar-refractivity contribution is 6.03. The summed E-state index contributed by atoms with van der Waals surface area (Å²) in [5, 5.41) is 0. The fraction of sp³-hybridized carbons (Fsp3) is 0.462. The molecule has 2 rings (SSSR count). The van der Waals surface area contributed by atoms with Crippen molar-refractivity contribution in [1.82, 2.24) is 0 Å². The van der Waals surface area contributed by atoms with E-state index in [0.717, 1.165) is 28.9 Å². The molecule has 0 fully saturated rings. The Morgan fingerprint density at radius 2 is 2.07 bits per heavy atom. The van der Waals surface area contributed by atoms with Crippen LogP contribution in [0.4, 0.5) is 0 Å². The molecule has 2 heteroatoms. The van der Waals surface area contributed by atoms with E-state index in [0.29, 0.717) is 0 Å². The predicted octanol–water partition coefficient (Wildman–Crippen LogP) is 2.69. The molecule has 80 valence electrons. The molecule has 0 aromatic heterocycles. The number of hydrogen-bond acceptors (Lipinski definition) is 2. The number of methoxy groups -OCH3 is 1. The fourth-order valence-corrected chi connectivity index (χ4v) is 2.41. The van der Waals surface area contributed by atoms with Crippen molar-refractivity contribution in [2.45, 2.75) is 27.2 Å². The third-order valence-electron chi connectivity index (χ3n) is 3.29. The molecule has 1 atom stereocenters. The first-order valence-corrected chi connectivity index (χ1v) is 5.27. The van der Waals surface area contributed by atoms with Crippen LogP contribution < -0.4 is 4.74 Å². The Bertz CT molecular complexity index is 433. The lowest BCUT2D eigenvalue weighted by molar-refractivity contribution is 0.0946. The summed E-state index contributed by atoms with van der Waals surface area (Å²) in [5.41, 5.74) is 4.28. The third-order valence-corrected chi connectivity index (χ3v) is 3.29. The van der Waals surface area contributed by atoms with E-state index in [-0.39, 0.29) is 11.7 Å². The SMILES string of the molecule is COc1cc(C)c2c(c1C)CC(C)C2=O. The monoisotopic (exact) mass is 204 g/mol. The molecule has 1 aliphatic rings. The first-order chi connectivity index (χ1) is 7.06. The number of hydrogen-bond donors (Lipinski definition) is 0. The Labute approximate surface area is 90.3 Å². The van der Waals surface area contributed by atoms with Crippen LogP contribution in [0.3, 0.4) is 0 Å². The minimum Gasteiger partial charge on any atom is -0.496 e. The molecule has 1 unspecified atom stereocenters. The fourth-order valence-electron chi connectivity index (χ4n) is 2.41. The molecular formula is C13H16O2. The highest BCUT2D eigenvalue weighted by atomic mass is 16.5. The lowest BCUT2D eigenvalue weighted by atomic mass is 9.98. The number of carbonyl (C=O) groups excluding carboxylic acids is 1. The summed E-state index contributed by atoms with van der Waals surface area (Å²) in [6.45, 7) is 6.01. The summed E-state index contributed by atoms with van der Waals surface area (Å²) in [4.78, 5) is 11.9. The molecule has 0 heterocycles. The lowest BCUT2D eigenvalue weighted by Crippen LogP contribution is -2.04. The molecule has 15 heavy (non-hydrogen) atoms. The van der Waals surface area contributed by atoms with Crippen molar-refractivity contribution in [2.24, 2.45) is 5.92 Å². The van der Waals surface area contributed by atoms with Gasteiger partial charge in [0.2, 0.25) is 0 Å². The van der Waals surface area contributed by atoms with Crippen molar-refractivity contribution < 1.29 is 9.53 Å². The van der Waals surface area contributed by atoms with E-state index in [1.807, 2.05) is 26.8 Å². The van der Waals surface area contributed by atoms with Gasteiger partial charge in [-0.25, -0.2) is 0 Å². The minimum atomic E-state index is 0.129. The molecule has 0 saturated carbocycles. The molecule has 2 nitrogen and oxygen atoms in total. The maximum Gasteiger partial charge on any atom is 0.166 e. The van der Waals surface area contributed by atoms with Gasteiger partial charge in [-0.15, -0.1) is 0 Å². The Hall–Kier alpha value is -1.31. The van der Waals surface area contributed by atoms with Gasteiger partial charge in [-0.1, -0.05) is 6.92 Å². The second-order valence-corrected chi connectivity index (χ2v) is 4.34. The van der Waals surface area contributed by atoms with E-state index in [4.69, 9.17) is 4.74 Å². The zero-order chi connectivity index (χ0) is 11.2. The van der Waals surface area contributed by atoms with Gasteiger partial charge >= 0.3 is 0 Å². The van der Waals surface area contributed by atoms with Gasteiger partial charge in [-0.2, -0.15) is 0 Å². The molecule has 0 spiro atoms. The quantitative estimate of drug-likeness (QED) is 0.703. The highest BCUT2D eigenvalue weighted by Crippen LogP contribution is 2.36. The summed E-state index contributed by atoms with van der Waals surface area (Å²) < 4.78 is 5.31. The number of Topliss-reactive ketones (excluding diaryl/α,β-unsaturated/α-hetero) is 1. The second-order valence-electron chi connectivity index (χ2n) is 4.34. The Morgan fingerprint density at radius 1 is 1.40 bits per heavy atom. The zero-order valence-corrected chi connectivity index (χ0v) is 9.68. The molecule has 0 saturated heterocycles. The van der Waals surface area contributed by atoms with Gasteiger partial charge in [0, 0.05) is 11.5 Å². The van der Waals surface area contributed by atoms with Crippen LogP contribution in [0.25, 0.3) is 0 Å². The van der Waals surface area contributed by atoms with Crippen molar-refractivity contribution in [3.63, 3.8) is 0 Å². The first kappa shape index (κ1) is 10.2. The van der Waals surface area contributed by atoms with Crippen LogP contribution in [0, 0.1) is 19.8 Å². The maximum atomic E-state index is 11.9. The molecule has 1 aromatic carbocycles. The number of ether oxygens (including phenoxy) is 1. The van der Waals surface area contributed by atoms with E-state index in [1.165, 1.54) is 5.56 Å². The van der Waals surface area contributed by atoms with Crippen molar-refractivity contribution in [2.75, 3.05) is 7.11 Å². The van der Waals surface area contributed by atoms with Gasteiger partial charge in [-0.05, 0) is 43.0 Å². The van der Waals surface area contributed by atoms with Crippen molar-refractivity contribution in [3.05, 3.63) is 28.3 Å². The summed E-state index contributed by atoms with van der Waals surface area (Å²) in [5.74, 6) is 1.31. The van der Waals surface area contributed by atoms with Crippen LogP contribution in [0.15, 0.2) is 6.07 Å². The Balaban J connectivity index is 2.68. The number of aryl methyl sites for hydroxylation is 1. The third kappa shape index (κ3) is 1.36. The molecule has 0 amide bonds. The lowest BCUT2D eigenvalue weighted by Gasteiger charge is -2.11. The molecule has 0 radical (unpaired) electrons. The predicted molar refractivity (Wildman–Crippen MR) is 59.7 cm³/mol. The smallest absolute Gasteiger partial charge is 0.166 e. The Morgan fingerprint density at radius 3 is 2.67 bits per heavy atom. The van der Waals surface area contributed by atoms with E-state index in [2.05, 4.69) is 0 Å². The second kappa shape index (κ2) is 3.37. The summed E-state index contributed by atoms with van der Waals surface area (Å²) in [6.07, 6.45) is 0.859. The average molecular weight is 204 g/mol. The summed E-state index contributed by atoms with van der Waals surface area (Å²) in [7, 11) is 1.67. The number of rotatable bonds is 1. The van der Waals surface area contributed by atoms with Crippen molar-refractivity contribution in [3.8, 4) is 5.75 Å². The van der Waals surface area contributed by atoms with Gasteiger partial charge < -0.3 is 4.74 Å². The van der Waals surface area contributed by atoms with Gasteiger partial charge in [0.25, 0.3) is 0 Å². The maximum absolute atomic E-state index is 11.9. The van der Waals surface area contributed by atoms with Crippen LogP contribution in [0.1, 0.15) is 34.0 Å². The number of carbonyl (C=O) groups is 1. The number of fused-ring (bicyclic) bond motifs is 1. The topological polar surface area (TPSA) is 26.3 Å². The standard InChI is InChI=1S/C13H16O2/c1-7-6-11(15-4)9(3)10-5-8(2)13(14)12(7)10/h6,8H,5H2,1-4H3.